The van der Waals surface area contributed by atoms with Gasteiger partial charge in [-0.25, -0.2) is 8.42 Å². The highest BCUT2D eigenvalue weighted by Gasteiger charge is 2.23. The van der Waals surface area contributed by atoms with E-state index in [1.54, 1.807) is 36.0 Å². The number of thioether (sulfide) groups is 1. The van der Waals surface area contributed by atoms with E-state index in [9.17, 15) is 13.2 Å². The molecule has 0 bridgehead atoms. The Morgan fingerprint density at radius 1 is 1.10 bits per heavy atom. The molecular weight excluding hydrogens is 434 g/mol. The number of rotatable bonds is 9. The highest BCUT2D eigenvalue weighted by molar-refractivity contribution is 7.98. The summed E-state index contributed by atoms with van der Waals surface area (Å²) >= 11 is 1.54. The fourth-order valence-electron chi connectivity index (χ4n) is 3.35. The average molecular weight is 464 g/mol. The molecule has 0 aromatic heterocycles. The van der Waals surface area contributed by atoms with E-state index >= 15 is 0 Å². The van der Waals surface area contributed by atoms with Gasteiger partial charge in [0.15, 0.2) is 0 Å². The zero-order chi connectivity index (χ0) is 22.3. The van der Waals surface area contributed by atoms with E-state index in [1.165, 1.54) is 7.05 Å². The van der Waals surface area contributed by atoms with E-state index in [0.29, 0.717) is 6.54 Å². The van der Waals surface area contributed by atoms with E-state index in [2.05, 4.69) is 16.3 Å². The first-order valence-electron chi connectivity index (χ1n) is 10.1. The van der Waals surface area contributed by atoms with Crippen molar-refractivity contribution in [2.45, 2.75) is 22.9 Å². The fourth-order valence-corrected chi connectivity index (χ4v) is 4.88. The van der Waals surface area contributed by atoms with Crippen LogP contribution in [0.15, 0.2) is 58.3 Å². The molecule has 2 aromatic rings. The first-order valence-corrected chi connectivity index (χ1v) is 12.8. The van der Waals surface area contributed by atoms with Crippen molar-refractivity contribution in [1.82, 2.24) is 14.5 Å². The number of hydrogen-bond acceptors (Lipinski definition) is 6. The molecule has 1 heterocycles. The monoisotopic (exact) mass is 463 g/mol. The molecule has 1 aliphatic rings. The van der Waals surface area contributed by atoms with Crippen LogP contribution in [0, 0.1) is 0 Å². The second kappa shape index (κ2) is 11.1. The minimum absolute atomic E-state index is 0.177. The zero-order valence-electron chi connectivity index (χ0n) is 17.9. The van der Waals surface area contributed by atoms with Gasteiger partial charge in [0.1, 0.15) is 0 Å². The van der Waals surface area contributed by atoms with E-state index in [-0.39, 0.29) is 17.3 Å². The van der Waals surface area contributed by atoms with Gasteiger partial charge in [-0.3, -0.25) is 9.69 Å². The number of likely N-dealkylation sites (N-methyl/N-ethyl adjacent to an activating group) is 1. The lowest BCUT2D eigenvalue weighted by atomic mass is 10.1. The number of sulfonamides is 1. The van der Waals surface area contributed by atoms with Crippen LogP contribution in [-0.4, -0.2) is 69.7 Å². The minimum Gasteiger partial charge on any atom is -0.379 e. The van der Waals surface area contributed by atoms with Crippen molar-refractivity contribution in [1.29, 1.82) is 0 Å². The second-order valence-corrected chi connectivity index (χ2v) is 10.3. The van der Waals surface area contributed by atoms with Gasteiger partial charge in [0.25, 0.3) is 0 Å². The van der Waals surface area contributed by atoms with Crippen molar-refractivity contribution >= 4 is 27.7 Å². The highest BCUT2D eigenvalue weighted by atomic mass is 32.2. The maximum atomic E-state index is 12.7. The van der Waals surface area contributed by atoms with E-state index in [0.717, 1.165) is 53.2 Å². The SMILES string of the molecule is CSc1ccc(S(=O)(=O)N(C)CC(=O)NCc2ccccc2CN2CCOCC2)cc1. The Kier molecular flexibility index (Phi) is 8.50. The lowest BCUT2D eigenvalue weighted by Crippen LogP contribution is -2.38. The van der Waals surface area contributed by atoms with Crippen molar-refractivity contribution < 1.29 is 17.9 Å². The van der Waals surface area contributed by atoms with E-state index < -0.39 is 10.0 Å². The molecule has 0 atom stereocenters. The summed E-state index contributed by atoms with van der Waals surface area (Å²) < 4.78 is 32.0. The molecule has 1 saturated heterocycles. The maximum Gasteiger partial charge on any atom is 0.243 e. The minimum atomic E-state index is -3.72. The topological polar surface area (TPSA) is 79.0 Å². The van der Waals surface area contributed by atoms with Gasteiger partial charge >= 0.3 is 0 Å². The first-order chi connectivity index (χ1) is 14.9. The van der Waals surface area contributed by atoms with Crippen LogP contribution in [0.5, 0.6) is 0 Å². The Morgan fingerprint density at radius 2 is 1.74 bits per heavy atom. The molecule has 1 N–H and O–H groups in total. The Morgan fingerprint density at radius 3 is 2.39 bits per heavy atom. The molecule has 0 saturated carbocycles. The number of carbonyl (C=O) groups excluding carboxylic acids is 1. The van der Waals surface area contributed by atoms with Gasteiger partial charge in [0.05, 0.1) is 24.7 Å². The van der Waals surface area contributed by atoms with Crippen LogP contribution >= 0.6 is 11.8 Å². The molecule has 31 heavy (non-hydrogen) atoms. The molecule has 0 spiro atoms. The molecule has 2 aromatic carbocycles. The average Bonchev–Trinajstić information content (AvgIpc) is 2.79. The second-order valence-electron chi connectivity index (χ2n) is 7.37. The van der Waals surface area contributed by atoms with Crippen molar-refractivity contribution in [2.75, 3.05) is 46.2 Å². The van der Waals surface area contributed by atoms with Gasteiger partial charge in [-0.05, 0) is 41.6 Å². The van der Waals surface area contributed by atoms with Gasteiger partial charge < -0.3 is 10.1 Å². The van der Waals surface area contributed by atoms with Crippen LogP contribution in [0.2, 0.25) is 0 Å². The van der Waals surface area contributed by atoms with Gasteiger partial charge in [0, 0.05) is 38.1 Å². The van der Waals surface area contributed by atoms with E-state index in [4.69, 9.17) is 4.74 Å². The molecule has 0 unspecified atom stereocenters. The van der Waals surface area contributed by atoms with Crippen LogP contribution in [0.1, 0.15) is 11.1 Å². The van der Waals surface area contributed by atoms with Crippen LogP contribution < -0.4 is 5.32 Å². The van der Waals surface area contributed by atoms with Crippen LogP contribution in [0.3, 0.4) is 0 Å². The summed E-state index contributed by atoms with van der Waals surface area (Å²) in [4.78, 5) is 15.9. The van der Waals surface area contributed by atoms with Gasteiger partial charge in [0.2, 0.25) is 15.9 Å². The van der Waals surface area contributed by atoms with E-state index in [1.807, 2.05) is 24.5 Å². The third kappa shape index (κ3) is 6.54. The van der Waals surface area contributed by atoms with Crippen LogP contribution in [-0.2, 0) is 32.6 Å². The number of ether oxygens (including phenoxy) is 1. The summed E-state index contributed by atoms with van der Waals surface area (Å²) in [6, 6.07) is 14.6. The largest absolute Gasteiger partial charge is 0.379 e. The lowest BCUT2D eigenvalue weighted by molar-refractivity contribution is -0.121. The number of nitrogens with zero attached hydrogens (tertiary/aromatic N) is 2. The first kappa shape index (κ1) is 23.7. The summed E-state index contributed by atoms with van der Waals surface area (Å²) in [5.41, 5.74) is 2.18. The van der Waals surface area contributed by atoms with Crippen molar-refractivity contribution in [3.8, 4) is 0 Å². The molecule has 168 valence electrons. The molecular formula is C22H29N3O4S2. The summed E-state index contributed by atoms with van der Waals surface area (Å²) in [7, 11) is -2.30. The lowest BCUT2D eigenvalue weighted by Gasteiger charge is -2.27. The van der Waals surface area contributed by atoms with Gasteiger partial charge in [-0.2, -0.15) is 4.31 Å². The summed E-state index contributed by atoms with van der Waals surface area (Å²) in [5.74, 6) is -0.340. The predicted molar refractivity (Wildman–Crippen MR) is 122 cm³/mol. The third-order valence-electron chi connectivity index (χ3n) is 5.23. The molecule has 0 radical (unpaired) electrons. The van der Waals surface area contributed by atoms with Crippen molar-refractivity contribution in [2.24, 2.45) is 0 Å². The maximum absolute atomic E-state index is 12.7. The number of hydrogen-bond donors (Lipinski definition) is 1. The Balaban J connectivity index is 1.57. The van der Waals surface area contributed by atoms with Crippen LogP contribution in [0.4, 0.5) is 0 Å². The number of carbonyl (C=O) groups is 1. The predicted octanol–water partition coefficient (Wildman–Crippen LogP) is 2.18. The standard InChI is InChI=1S/C22H29N3O4S2/c1-24(31(27,28)21-9-7-20(30-2)8-10-21)17-22(26)23-15-18-5-3-4-6-19(18)16-25-11-13-29-14-12-25/h3-10H,11-17H2,1-2H3,(H,23,26). The zero-order valence-corrected chi connectivity index (χ0v) is 19.5. The normalized spacial score (nSPS) is 15.2. The molecule has 1 fully saturated rings. The Bertz CT molecular complexity index is 975. The number of morpholine rings is 1. The number of nitrogens with one attached hydrogen (secondary N) is 1. The van der Waals surface area contributed by atoms with Crippen LogP contribution in [0.25, 0.3) is 0 Å². The molecule has 7 nitrogen and oxygen atoms in total. The molecule has 1 aliphatic heterocycles. The number of amides is 1. The third-order valence-corrected chi connectivity index (χ3v) is 7.79. The molecule has 9 heteroatoms. The molecule has 0 aliphatic carbocycles. The fraction of sp³-hybridized carbons (Fsp3) is 0.409. The summed E-state index contributed by atoms with van der Waals surface area (Å²) in [6.45, 7) is 4.17. The Labute approximate surface area is 188 Å². The van der Waals surface area contributed by atoms with Gasteiger partial charge in [-0.1, -0.05) is 24.3 Å². The highest BCUT2D eigenvalue weighted by Crippen LogP contribution is 2.20. The Hall–Kier alpha value is -1.91. The summed E-state index contributed by atoms with van der Waals surface area (Å²) in [6.07, 6.45) is 1.93. The smallest absolute Gasteiger partial charge is 0.243 e. The van der Waals surface area contributed by atoms with Gasteiger partial charge in [-0.15, -0.1) is 11.8 Å². The summed E-state index contributed by atoms with van der Waals surface area (Å²) in [5, 5.41) is 2.86. The molecule has 1 amide bonds. The molecule has 3 rings (SSSR count). The quantitative estimate of drug-likeness (QED) is 0.575. The van der Waals surface area contributed by atoms with Crippen molar-refractivity contribution in [3.05, 3.63) is 59.7 Å². The van der Waals surface area contributed by atoms with Crippen molar-refractivity contribution in [3.63, 3.8) is 0 Å². The number of benzene rings is 2.